The van der Waals surface area contributed by atoms with Crippen molar-refractivity contribution in [2.45, 2.75) is 25.5 Å². The molecule has 1 N–H and O–H groups in total. The Morgan fingerprint density at radius 1 is 1.25 bits per heavy atom. The average molecular weight is 335 g/mol. The summed E-state index contributed by atoms with van der Waals surface area (Å²) < 4.78 is 18.8. The number of benzene rings is 1. The van der Waals surface area contributed by atoms with Crippen molar-refractivity contribution < 1.29 is 18.7 Å². The molecule has 2 heterocycles. The lowest BCUT2D eigenvalue weighted by atomic mass is 10.1. The number of hydrogen-bond acceptors (Lipinski definition) is 4. The third-order valence-electron chi connectivity index (χ3n) is 4.48. The molecule has 7 heteroatoms. The number of nitrogens with zero attached hydrogens (tertiary/aromatic N) is 2. The van der Waals surface area contributed by atoms with Crippen molar-refractivity contribution in [1.82, 2.24) is 15.1 Å². The minimum Gasteiger partial charge on any atom is -0.371 e. The molecule has 0 unspecified atom stereocenters. The summed E-state index contributed by atoms with van der Waals surface area (Å²) in [5, 5.41) is 2.68. The Bertz CT molecular complexity index is 632. The van der Waals surface area contributed by atoms with Crippen molar-refractivity contribution in [3.63, 3.8) is 0 Å². The molecule has 1 aromatic carbocycles. The van der Waals surface area contributed by atoms with Crippen LogP contribution in [0, 0.1) is 5.82 Å². The van der Waals surface area contributed by atoms with E-state index in [0.717, 1.165) is 12.1 Å². The average Bonchev–Trinajstić information content (AvgIpc) is 2.74. The van der Waals surface area contributed by atoms with Gasteiger partial charge >= 0.3 is 6.03 Å². The zero-order valence-electron chi connectivity index (χ0n) is 13.9. The van der Waals surface area contributed by atoms with E-state index in [0.29, 0.717) is 26.2 Å². The number of imide groups is 1. The zero-order valence-corrected chi connectivity index (χ0v) is 13.9. The molecular weight excluding hydrogens is 313 g/mol. The summed E-state index contributed by atoms with van der Waals surface area (Å²) in [4.78, 5) is 27.5. The van der Waals surface area contributed by atoms with Crippen LogP contribution >= 0.6 is 0 Å². The highest BCUT2D eigenvalue weighted by Crippen LogP contribution is 2.23. The maximum Gasteiger partial charge on any atom is 0.325 e. The van der Waals surface area contributed by atoms with Crippen LogP contribution in [0.2, 0.25) is 0 Å². The summed E-state index contributed by atoms with van der Waals surface area (Å²) in [7, 11) is 0. The fourth-order valence-electron chi connectivity index (χ4n) is 3.05. The Kier molecular flexibility index (Phi) is 4.56. The Labute approximate surface area is 140 Å². The fraction of sp³-hybridized carbons (Fsp3) is 0.529. The third kappa shape index (κ3) is 3.42. The first-order chi connectivity index (χ1) is 11.4. The molecule has 0 radical (unpaired) electrons. The van der Waals surface area contributed by atoms with E-state index < -0.39 is 5.54 Å². The number of ether oxygens (including phenoxy) is 1. The number of morpholine rings is 1. The van der Waals surface area contributed by atoms with E-state index in [1.54, 1.807) is 26.0 Å². The topological polar surface area (TPSA) is 61.9 Å². The monoisotopic (exact) mass is 335 g/mol. The number of carbonyl (C=O) groups is 2. The van der Waals surface area contributed by atoms with E-state index in [9.17, 15) is 14.0 Å². The maximum atomic E-state index is 13.0. The Morgan fingerprint density at radius 3 is 2.58 bits per heavy atom. The predicted octanol–water partition coefficient (Wildman–Crippen LogP) is 1.53. The second kappa shape index (κ2) is 6.49. The van der Waals surface area contributed by atoms with Crippen molar-refractivity contribution >= 4 is 11.9 Å². The van der Waals surface area contributed by atoms with Crippen molar-refractivity contribution in [2.75, 3.05) is 32.8 Å². The molecule has 6 nitrogen and oxygen atoms in total. The minimum atomic E-state index is -0.835. The largest absolute Gasteiger partial charge is 0.371 e. The number of carbonyl (C=O) groups excluding carboxylic acids is 2. The number of urea groups is 1. The SMILES string of the molecule is CC1(C)NC(=O)N(CCN2CCO[C@H](c3ccc(F)cc3)C2)C1=O. The van der Waals surface area contributed by atoms with Crippen molar-refractivity contribution in [2.24, 2.45) is 0 Å². The van der Waals surface area contributed by atoms with Gasteiger partial charge in [0.2, 0.25) is 0 Å². The molecule has 0 aliphatic carbocycles. The van der Waals surface area contributed by atoms with Crippen LogP contribution in [-0.2, 0) is 9.53 Å². The van der Waals surface area contributed by atoms with Gasteiger partial charge in [-0.25, -0.2) is 9.18 Å². The maximum absolute atomic E-state index is 13.0. The van der Waals surface area contributed by atoms with Gasteiger partial charge in [0.15, 0.2) is 0 Å². The summed E-state index contributed by atoms with van der Waals surface area (Å²) in [5.41, 5.74) is 0.0934. The highest BCUT2D eigenvalue weighted by molar-refractivity contribution is 6.06. The first-order valence-electron chi connectivity index (χ1n) is 8.10. The molecule has 3 rings (SSSR count). The highest BCUT2D eigenvalue weighted by Gasteiger charge is 2.44. The van der Waals surface area contributed by atoms with Crippen LogP contribution in [0.1, 0.15) is 25.5 Å². The first-order valence-corrected chi connectivity index (χ1v) is 8.10. The second-order valence-corrected chi connectivity index (χ2v) is 6.72. The number of halogens is 1. The number of nitrogens with one attached hydrogen (secondary N) is 1. The smallest absolute Gasteiger partial charge is 0.325 e. The number of amides is 3. The summed E-state index contributed by atoms with van der Waals surface area (Å²) in [6.45, 7) is 6.30. The lowest BCUT2D eigenvalue weighted by Gasteiger charge is -2.33. The lowest BCUT2D eigenvalue weighted by Crippen LogP contribution is -2.45. The molecule has 24 heavy (non-hydrogen) atoms. The highest BCUT2D eigenvalue weighted by atomic mass is 19.1. The molecule has 2 aliphatic rings. The van der Waals surface area contributed by atoms with Gasteiger partial charge < -0.3 is 10.1 Å². The standard InChI is InChI=1S/C17H22FN3O3/c1-17(2)15(22)21(16(23)19-17)8-7-20-9-10-24-14(11-20)12-3-5-13(18)6-4-12/h3-6,14H,7-11H2,1-2H3,(H,19,23)/t14-/m0/s1. The van der Waals surface area contributed by atoms with E-state index in [-0.39, 0.29) is 23.9 Å². The van der Waals surface area contributed by atoms with Gasteiger partial charge in [0.1, 0.15) is 11.4 Å². The minimum absolute atomic E-state index is 0.126. The van der Waals surface area contributed by atoms with E-state index in [1.807, 2.05) is 0 Å². The van der Waals surface area contributed by atoms with Crippen LogP contribution in [0.3, 0.4) is 0 Å². The molecule has 1 aromatic rings. The molecular formula is C17H22FN3O3. The molecule has 2 fully saturated rings. The predicted molar refractivity (Wildman–Crippen MR) is 85.9 cm³/mol. The zero-order chi connectivity index (χ0) is 17.3. The third-order valence-corrected chi connectivity index (χ3v) is 4.48. The second-order valence-electron chi connectivity index (χ2n) is 6.72. The molecule has 0 aromatic heterocycles. The van der Waals surface area contributed by atoms with Gasteiger partial charge in [0.25, 0.3) is 5.91 Å². The molecule has 0 spiro atoms. The van der Waals surface area contributed by atoms with Crippen molar-refractivity contribution in [1.29, 1.82) is 0 Å². The summed E-state index contributed by atoms with van der Waals surface area (Å²) >= 11 is 0. The normalized spacial score (nSPS) is 24.3. The Balaban J connectivity index is 1.57. The van der Waals surface area contributed by atoms with E-state index in [1.165, 1.54) is 17.0 Å². The number of hydrogen-bond donors (Lipinski definition) is 1. The van der Waals surface area contributed by atoms with Gasteiger partial charge in [0, 0.05) is 26.2 Å². The Morgan fingerprint density at radius 2 is 1.96 bits per heavy atom. The quantitative estimate of drug-likeness (QED) is 0.848. The number of rotatable bonds is 4. The van der Waals surface area contributed by atoms with Gasteiger partial charge in [-0.1, -0.05) is 12.1 Å². The van der Waals surface area contributed by atoms with Crippen molar-refractivity contribution in [3.05, 3.63) is 35.6 Å². The van der Waals surface area contributed by atoms with Gasteiger partial charge in [-0.3, -0.25) is 14.6 Å². The van der Waals surface area contributed by atoms with Crippen LogP contribution in [-0.4, -0.2) is 60.1 Å². The van der Waals surface area contributed by atoms with Gasteiger partial charge in [-0.2, -0.15) is 0 Å². The van der Waals surface area contributed by atoms with Crippen LogP contribution in [0.5, 0.6) is 0 Å². The lowest BCUT2D eigenvalue weighted by molar-refractivity contribution is -0.130. The van der Waals surface area contributed by atoms with Crippen LogP contribution in [0.4, 0.5) is 9.18 Å². The first kappa shape index (κ1) is 16.9. The van der Waals surface area contributed by atoms with Crippen LogP contribution in [0.15, 0.2) is 24.3 Å². The summed E-state index contributed by atoms with van der Waals surface area (Å²) in [5.74, 6) is -0.469. The van der Waals surface area contributed by atoms with Gasteiger partial charge in [-0.05, 0) is 31.5 Å². The molecule has 1 atom stereocenters. The van der Waals surface area contributed by atoms with E-state index in [2.05, 4.69) is 10.2 Å². The summed E-state index contributed by atoms with van der Waals surface area (Å²) in [6, 6.07) is 5.96. The fourth-order valence-corrected chi connectivity index (χ4v) is 3.05. The van der Waals surface area contributed by atoms with Crippen LogP contribution < -0.4 is 5.32 Å². The van der Waals surface area contributed by atoms with E-state index in [4.69, 9.17) is 4.74 Å². The van der Waals surface area contributed by atoms with Gasteiger partial charge in [-0.15, -0.1) is 0 Å². The summed E-state index contributed by atoms with van der Waals surface area (Å²) in [6.07, 6.45) is -0.126. The molecule has 0 saturated carbocycles. The molecule has 130 valence electrons. The Hall–Kier alpha value is -1.99. The van der Waals surface area contributed by atoms with Crippen LogP contribution in [0.25, 0.3) is 0 Å². The van der Waals surface area contributed by atoms with Crippen molar-refractivity contribution in [3.8, 4) is 0 Å². The molecule has 0 bridgehead atoms. The molecule has 3 amide bonds. The van der Waals surface area contributed by atoms with Gasteiger partial charge in [0.05, 0.1) is 12.7 Å². The molecule has 2 aliphatic heterocycles. The molecule has 2 saturated heterocycles. The van der Waals surface area contributed by atoms with E-state index >= 15 is 0 Å².